The molecule has 2 aliphatic rings. The second kappa shape index (κ2) is 8.48. The van der Waals surface area contributed by atoms with Crippen LogP contribution in [0, 0.1) is 13.8 Å². The number of aryl methyl sites for hydroxylation is 2. The van der Waals surface area contributed by atoms with Crippen LogP contribution in [0.15, 0.2) is 39.2 Å². The number of halogens is 2. The molecule has 0 spiro atoms. The predicted molar refractivity (Wildman–Crippen MR) is 106 cm³/mol. The number of hydrogen-bond acceptors (Lipinski definition) is 0. The Morgan fingerprint density at radius 3 is 2.26 bits per heavy atom. The van der Waals surface area contributed by atoms with E-state index in [1.54, 1.807) is 16.7 Å². The van der Waals surface area contributed by atoms with Crippen LogP contribution in [-0.4, -0.2) is 5.43 Å². The maximum Gasteiger partial charge on any atom is -0.147 e. The molecule has 0 heterocycles. The van der Waals surface area contributed by atoms with Gasteiger partial charge in [0.25, 0.3) is 0 Å². The summed E-state index contributed by atoms with van der Waals surface area (Å²) < 4.78 is 2.65. The van der Waals surface area contributed by atoms with Crippen molar-refractivity contribution in [3.63, 3.8) is 0 Å². The van der Waals surface area contributed by atoms with E-state index in [4.69, 9.17) is 0 Å². The summed E-state index contributed by atoms with van der Waals surface area (Å²) in [6, 6.07) is 4.64. The van der Waals surface area contributed by atoms with Crippen molar-refractivity contribution in [1.82, 2.24) is 0 Å². The smallest absolute Gasteiger partial charge is 0.147 e. The van der Waals surface area contributed by atoms with E-state index in [2.05, 4.69) is 70.3 Å². The molecule has 3 rings (SSSR count). The van der Waals surface area contributed by atoms with Crippen molar-refractivity contribution in [3.8, 4) is 0 Å². The third kappa shape index (κ3) is 3.87. The van der Waals surface area contributed by atoms with Crippen molar-refractivity contribution in [2.24, 2.45) is 0 Å². The fourth-order valence-electron chi connectivity index (χ4n) is 3.78. The Hall–Kier alpha value is 0.120. The van der Waals surface area contributed by atoms with Crippen molar-refractivity contribution in [1.29, 1.82) is 0 Å². The van der Waals surface area contributed by atoms with Gasteiger partial charge in [0.15, 0.2) is 0 Å². The summed E-state index contributed by atoms with van der Waals surface area (Å²) in [5, 5.41) is 0. The Balaban J connectivity index is 0.00000132. The molecule has 0 saturated heterocycles. The largest absolute Gasteiger partial charge is 0.147 e. The van der Waals surface area contributed by atoms with Gasteiger partial charge in [0.05, 0.1) is 0 Å². The van der Waals surface area contributed by atoms with E-state index in [9.17, 15) is 0 Å². The van der Waals surface area contributed by atoms with Gasteiger partial charge in [-0.2, -0.15) is 0 Å². The number of allylic oxidation sites excluding steroid dienone is 5. The number of fused-ring (bicyclic) bond motifs is 1. The molecule has 0 amide bonds. The van der Waals surface area contributed by atoms with Crippen LogP contribution in [0.5, 0.6) is 0 Å². The average Bonchev–Trinajstić information content (AvgIpc) is 3.04. The SMILES string of the molecule is CC1=Cc2c(C)ccc(C)c2[CH]1[Zr]([C]1=CC=CC1)=[Si](C)C.Cl.Cl. The maximum atomic E-state index is 2.56. The summed E-state index contributed by atoms with van der Waals surface area (Å²) in [5.41, 5.74) is 7.67. The summed E-state index contributed by atoms with van der Waals surface area (Å²) in [7, 11) is 0. The van der Waals surface area contributed by atoms with Crippen molar-refractivity contribution >= 4 is 36.3 Å². The van der Waals surface area contributed by atoms with Gasteiger partial charge in [0, 0.05) is 0 Å². The number of benzene rings is 1. The van der Waals surface area contributed by atoms with E-state index >= 15 is 0 Å². The molecule has 23 heavy (non-hydrogen) atoms. The third-order valence-electron chi connectivity index (χ3n) is 4.78. The van der Waals surface area contributed by atoms with Gasteiger partial charge in [0.2, 0.25) is 0 Å². The van der Waals surface area contributed by atoms with Gasteiger partial charge < -0.3 is 0 Å². The van der Waals surface area contributed by atoms with Crippen LogP contribution >= 0.6 is 24.8 Å². The van der Waals surface area contributed by atoms with Crippen LogP contribution in [0.2, 0.25) is 13.1 Å². The first-order chi connectivity index (χ1) is 10.0. The molecule has 4 heteroatoms. The molecule has 0 bridgehead atoms. The van der Waals surface area contributed by atoms with Crippen LogP contribution in [0.4, 0.5) is 0 Å². The van der Waals surface area contributed by atoms with Gasteiger partial charge >= 0.3 is 137 Å². The molecule has 0 aliphatic heterocycles. The van der Waals surface area contributed by atoms with E-state index in [1.165, 1.54) is 17.5 Å². The second-order valence-corrected chi connectivity index (χ2v) is 24.2. The summed E-state index contributed by atoms with van der Waals surface area (Å²) in [5.74, 6) is 0. The second-order valence-electron chi connectivity index (χ2n) is 6.59. The zero-order valence-electron chi connectivity index (χ0n) is 14.6. The summed E-state index contributed by atoms with van der Waals surface area (Å²) in [4.78, 5) is 0. The molecule has 0 saturated carbocycles. The fourth-order valence-corrected chi connectivity index (χ4v) is 22.7. The molecule has 124 valence electrons. The van der Waals surface area contributed by atoms with Crippen molar-refractivity contribution in [2.75, 3.05) is 0 Å². The van der Waals surface area contributed by atoms with E-state index in [1.807, 2.05) is 3.28 Å². The minimum Gasteiger partial charge on any atom is -0.147 e. The van der Waals surface area contributed by atoms with Gasteiger partial charge in [-0.1, -0.05) is 0 Å². The van der Waals surface area contributed by atoms with Crippen molar-refractivity contribution in [2.45, 2.75) is 43.9 Å². The zero-order chi connectivity index (χ0) is 15.1. The Morgan fingerprint density at radius 1 is 1.04 bits per heavy atom. The van der Waals surface area contributed by atoms with E-state index in [0.29, 0.717) is 0 Å². The molecule has 2 aliphatic carbocycles. The number of hydrogen-bond donors (Lipinski definition) is 0. The molecular formula is C19H26Cl2SiZr. The topological polar surface area (TPSA) is 0 Å². The quantitative estimate of drug-likeness (QED) is 0.468. The molecule has 0 nitrogen and oxygen atoms in total. The third-order valence-corrected chi connectivity index (χ3v) is 23.3. The van der Waals surface area contributed by atoms with Gasteiger partial charge in [-0.05, 0) is 0 Å². The Bertz CT molecular complexity index is 738. The van der Waals surface area contributed by atoms with Crippen molar-refractivity contribution < 1.29 is 20.4 Å². The van der Waals surface area contributed by atoms with Crippen molar-refractivity contribution in [3.05, 3.63) is 61.5 Å². The molecule has 0 fully saturated rings. The normalized spacial score (nSPS) is 17.7. The Kier molecular flexibility index (Phi) is 7.80. The summed E-state index contributed by atoms with van der Waals surface area (Å²) in [6.07, 6.45) is 10.9. The standard InChI is InChI=1S/C12H13.C5H5.C2H6Si.2ClH.Zr/c1-8-6-11-9(2)4-5-10(3)12(11)7-8;1-2-4-5-3-1;1-3-2;;;/h4-7H,1-3H3;1-3H,4H2;1-2H3;2*1H;. The van der Waals surface area contributed by atoms with Crippen LogP contribution in [0.3, 0.4) is 0 Å². The van der Waals surface area contributed by atoms with E-state index in [0.717, 1.165) is 3.63 Å². The van der Waals surface area contributed by atoms with Gasteiger partial charge in [-0.3, -0.25) is 0 Å². The number of rotatable bonds is 2. The minimum absolute atomic E-state index is 0. The molecule has 0 aromatic heterocycles. The predicted octanol–water partition coefficient (Wildman–Crippen LogP) is 6.32. The van der Waals surface area contributed by atoms with Crippen LogP contribution in [-0.2, 0) is 20.4 Å². The molecular weight excluding hydrogens is 418 g/mol. The van der Waals surface area contributed by atoms with Crippen LogP contribution in [0.25, 0.3) is 6.08 Å². The maximum absolute atomic E-state index is 2.56. The van der Waals surface area contributed by atoms with E-state index in [-0.39, 0.29) is 30.2 Å². The van der Waals surface area contributed by atoms with E-state index < -0.39 is 20.4 Å². The molecule has 1 aromatic rings. The molecule has 1 unspecified atom stereocenters. The van der Waals surface area contributed by atoms with Crippen LogP contribution in [0.1, 0.15) is 39.2 Å². The first kappa shape index (κ1) is 21.2. The molecule has 0 radical (unpaired) electrons. The minimum atomic E-state index is -1.61. The summed E-state index contributed by atoms with van der Waals surface area (Å²) >= 11 is -1.61. The molecule has 1 aromatic carbocycles. The fraction of sp³-hybridized carbons (Fsp3) is 0.368. The Labute approximate surface area is 161 Å². The van der Waals surface area contributed by atoms with Gasteiger partial charge in [-0.25, -0.2) is 0 Å². The van der Waals surface area contributed by atoms with Gasteiger partial charge in [0.1, 0.15) is 0 Å². The molecule has 0 N–H and O–H groups in total. The first-order valence-electron chi connectivity index (χ1n) is 7.82. The first-order valence-corrected chi connectivity index (χ1v) is 16.7. The van der Waals surface area contributed by atoms with Crippen LogP contribution < -0.4 is 0 Å². The summed E-state index contributed by atoms with van der Waals surface area (Å²) in [6.45, 7) is 12.1. The van der Waals surface area contributed by atoms with Gasteiger partial charge in [-0.15, -0.1) is 24.8 Å². The molecule has 1 atom stereocenters. The monoisotopic (exact) mass is 442 g/mol. The average molecular weight is 445 g/mol. The Morgan fingerprint density at radius 2 is 1.70 bits per heavy atom. The zero-order valence-corrected chi connectivity index (χ0v) is 19.7.